The Morgan fingerprint density at radius 3 is 2.52 bits per heavy atom. The second-order valence-electron chi connectivity index (χ2n) is 7.97. The summed E-state index contributed by atoms with van der Waals surface area (Å²) in [5.41, 5.74) is 2.05. The first-order valence-corrected chi connectivity index (χ1v) is 11.8. The Hall–Kier alpha value is -3.43. The van der Waals surface area contributed by atoms with Gasteiger partial charge in [-0.2, -0.15) is 4.68 Å². The smallest absolute Gasteiger partial charge is 0.233 e. The van der Waals surface area contributed by atoms with E-state index in [0.29, 0.717) is 18.2 Å². The zero-order chi connectivity index (χ0) is 22.6. The molecule has 0 saturated carbocycles. The van der Waals surface area contributed by atoms with E-state index in [4.69, 9.17) is 0 Å². The van der Waals surface area contributed by atoms with E-state index in [1.807, 2.05) is 4.90 Å². The summed E-state index contributed by atoms with van der Waals surface area (Å²) in [5.74, 6) is 0.544. The molecule has 0 atom stereocenters. The van der Waals surface area contributed by atoms with Gasteiger partial charge in [-0.3, -0.25) is 9.69 Å². The lowest BCUT2D eigenvalue weighted by Crippen LogP contribution is -2.48. The van der Waals surface area contributed by atoms with Crippen molar-refractivity contribution in [2.45, 2.75) is 11.7 Å². The molecule has 9 heteroatoms. The summed E-state index contributed by atoms with van der Waals surface area (Å²) in [5, 5.41) is 24.3. The van der Waals surface area contributed by atoms with E-state index in [0.717, 1.165) is 25.3 Å². The van der Waals surface area contributed by atoms with Crippen LogP contribution in [0.1, 0.15) is 5.56 Å². The molecule has 5 rings (SSSR count). The minimum Gasteiger partial charge on any atom is -0.508 e. The van der Waals surface area contributed by atoms with Crippen LogP contribution in [-0.2, 0) is 11.3 Å². The maximum Gasteiger partial charge on any atom is 0.233 e. The first kappa shape index (κ1) is 21.4. The molecule has 0 unspecified atom stereocenters. The highest BCUT2D eigenvalue weighted by Crippen LogP contribution is 2.22. The Morgan fingerprint density at radius 1 is 0.939 bits per heavy atom. The van der Waals surface area contributed by atoms with Crippen molar-refractivity contribution in [2.24, 2.45) is 0 Å². The van der Waals surface area contributed by atoms with Gasteiger partial charge in [0, 0.05) is 32.7 Å². The van der Waals surface area contributed by atoms with E-state index in [9.17, 15) is 9.90 Å². The highest BCUT2D eigenvalue weighted by molar-refractivity contribution is 7.99. The summed E-state index contributed by atoms with van der Waals surface area (Å²) in [4.78, 5) is 17.1. The van der Waals surface area contributed by atoms with Gasteiger partial charge >= 0.3 is 0 Å². The number of hydrogen-bond donors (Lipinski definition) is 1. The summed E-state index contributed by atoms with van der Waals surface area (Å²) in [7, 11) is 0. The van der Waals surface area contributed by atoms with Gasteiger partial charge in [0.1, 0.15) is 5.75 Å². The molecule has 2 heterocycles. The lowest BCUT2D eigenvalue weighted by molar-refractivity contribution is -0.130. The van der Waals surface area contributed by atoms with Gasteiger partial charge in [-0.15, -0.1) is 5.10 Å². The monoisotopic (exact) mass is 460 g/mol. The number of nitrogens with zero attached hydrogens (tertiary/aromatic N) is 6. The van der Waals surface area contributed by atoms with Crippen LogP contribution in [0.2, 0.25) is 0 Å². The van der Waals surface area contributed by atoms with Crippen molar-refractivity contribution < 1.29 is 9.90 Å². The standard InChI is InChI=1S/C24H24N6O2S/c31-21-10-8-20(9-11-21)30-24(25-26-27-30)33-17-23(32)29-14-12-28(13-15-29)16-19-6-3-5-18-4-1-2-7-22(18)19/h1-11,31H,12-17H2. The van der Waals surface area contributed by atoms with Crippen molar-refractivity contribution in [1.82, 2.24) is 30.0 Å². The molecule has 1 aliphatic rings. The third-order valence-corrected chi connectivity index (χ3v) is 6.76. The first-order chi connectivity index (χ1) is 16.2. The van der Waals surface area contributed by atoms with Crippen LogP contribution in [0.5, 0.6) is 5.75 Å². The lowest BCUT2D eigenvalue weighted by atomic mass is 10.0. The van der Waals surface area contributed by atoms with Crippen LogP contribution in [0.3, 0.4) is 0 Å². The maximum atomic E-state index is 12.8. The fourth-order valence-corrected chi connectivity index (χ4v) is 4.86. The van der Waals surface area contributed by atoms with Gasteiger partial charge in [-0.25, -0.2) is 0 Å². The number of fused-ring (bicyclic) bond motifs is 1. The van der Waals surface area contributed by atoms with E-state index in [1.54, 1.807) is 28.9 Å². The summed E-state index contributed by atoms with van der Waals surface area (Å²) in [6.07, 6.45) is 0. The number of hydrogen-bond acceptors (Lipinski definition) is 7. The van der Waals surface area contributed by atoms with E-state index in [2.05, 4.69) is 62.9 Å². The number of thioether (sulfide) groups is 1. The quantitative estimate of drug-likeness (QED) is 0.443. The Kier molecular flexibility index (Phi) is 6.23. The fraction of sp³-hybridized carbons (Fsp3) is 0.250. The number of aromatic hydroxyl groups is 1. The number of benzene rings is 3. The minimum absolute atomic E-state index is 0.0880. The Morgan fingerprint density at radius 2 is 1.70 bits per heavy atom. The second kappa shape index (κ2) is 9.60. The highest BCUT2D eigenvalue weighted by Gasteiger charge is 2.22. The van der Waals surface area contributed by atoms with Crippen LogP contribution in [0.4, 0.5) is 0 Å². The lowest BCUT2D eigenvalue weighted by Gasteiger charge is -2.35. The molecule has 1 amide bonds. The first-order valence-electron chi connectivity index (χ1n) is 10.8. The van der Waals surface area contributed by atoms with Crippen molar-refractivity contribution in [3.05, 3.63) is 72.3 Å². The number of piperazine rings is 1. The number of phenolic OH excluding ortho intramolecular Hbond substituents is 1. The van der Waals surface area contributed by atoms with Gasteiger partial charge in [-0.05, 0) is 51.0 Å². The zero-order valence-corrected chi connectivity index (χ0v) is 18.9. The second-order valence-corrected chi connectivity index (χ2v) is 8.92. The van der Waals surface area contributed by atoms with Crippen LogP contribution >= 0.6 is 11.8 Å². The molecule has 0 aliphatic carbocycles. The molecule has 1 N–H and O–H groups in total. The van der Waals surface area contributed by atoms with Gasteiger partial charge in [-0.1, -0.05) is 54.2 Å². The van der Waals surface area contributed by atoms with Crippen LogP contribution in [0, 0.1) is 0 Å². The van der Waals surface area contributed by atoms with Gasteiger partial charge in [0.2, 0.25) is 11.1 Å². The summed E-state index contributed by atoms with van der Waals surface area (Å²) in [6.45, 7) is 4.02. The van der Waals surface area contributed by atoms with Crippen molar-refractivity contribution in [3.8, 4) is 11.4 Å². The Bertz CT molecular complexity index is 1250. The maximum absolute atomic E-state index is 12.8. The Balaban J connectivity index is 1.15. The summed E-state index contributed by atoms with van der Waals surface area (Å²) in [6, 6.07) is 21.5. The number of aromatic nitrogens is 4. The third kappa shape index (κ3) is 4.84. The molecule has 1 aromatic heterocycles. The number of carbonyl (C=O) groups excluding carboxylic acids is 1. The topological polar surface area (TPSA) is 87.4 Å². The predicted octanol–water partition coefficient (Wildman–Crippen LogP) is 2.96. The van der Waals surface area contributed by atoms with E-state index in [1.165, 1.54) is 28.1 Å². The van der Waals surface area contributed by atoms with Gasteiger partial charge in [0.25, 0.3) is 0 Å². The number of rotatable bonds is 6. The van der Waals surface area contributed by atoms with Gasteiger partial charge in [0.05, 0.1) is 11.4 Å². The molecule has 4 aromatic rings. The average Bonchev–Trinajstić information content (AvgIpc) is 3.32. The van der Waals surface area contributed by atoms with Gasteiger partial charge < -0.3 is 10.0 Å². The molecular formula is C24H24N6O2S. The van der Waals surface area contributed by atoms with Gasteiger partial charge in [0.15, 0.2) is 0 Å². The van der Waals surface area contributed by atoms with Crippen LogP contribution in [0.15, 0.2) is 71.9 Å². The van der Waals surface area contributed by atoms with Crippen LogP contribution in [0.25, 0.3) is 16.5 Å². The molecule has 8 nitrogen and oxygen atoms in total. The van der Waals surface area contributed by atoms with Crippen molar-refractivity contribution in [3.63, 3.8) is 0 Å². The van der Waals surface area contributed by atoms with E-state index < -0.39 is 0 Å². The number of tetrazole rings is 1. The van der Waals surface area contributed by atoms with Crippen molar-refractivity contribution >= 4 is 28.4 Å². The molecule has 0 spiro atoms. The number of amides is 1. The molecule has 1 aliphatic heterocycles. The molecule has 1 saturated heterocycles. The van der Waals surface area contributed by atoms with Crippen molar-refractivity contribution in [2.75, 3.05) is 31.9 Å². The zero-order valence-electron chi connectivity index (χ0n) is 18.0. The molecule has 1 fully saturated rings. The van der Waals surface area contributed by atoms with Crippen LogP contribution < -0.4 is 0 Å². The number of carbonyl (C=O) groups is 1. The summed E-state index contributed by atoms with van der Waals surface area (Å²) >= 11 is 1.32. The normalized spacial score (nSPS) is 14.6. The molecule has 168 valence electrons. The summed E-state index contributed by atoms with van der Waals surface area (Å²) < 4.78 is 1.57. The molecule has 33 heavy (non-hydrogen) atoms. The molecular weight excluding hydrogens is 436 g/mol. The largest absolute Gasteiger partial charge is 0.508 e. The Labute approximate surface area is 195 Å². The molecule has 0 bridgehead atoms. The van der Waals surface area contributed by atoms with E-state index >= 15 is 0 Å². The van der Waals surface area contributed by atoms with Crippen molar-refractivity contribution in [1.29, 1.82) is 0 Å². The predicted molar refractivity (Wildman–Crippen MR) is 127 cm³/mol. The average molecular weight is 461 g/mol. The molecule has 0 radical (unpaired) electrons. The SMILES string of the molecule is O=C(CSc1nnnn1-c1ccc(O)cc1)N1CCN(Cc2cccc3ccccc23)CC1. The fourth-order valence-electron chi connectivity index (χ4n) is 4.07. The van der Waals surface area contributed by atoms with E-state index in [-0.39, 0.29) is 17.4 Å². The third-order valence-electron chi connectivity index (χ3n) is 5.86. The highest BCUT2D eigenvalue weighted by atomic mass is 32.2. The molecule has 3 aromatic carbocycles. The minimum atomic E-state index is 0.0880. The number of phenols is 1. The van der Waals surface area contributed by atoms with Crippen LogP contribution in [-0.4, -0.2) is 73.0 Å².